The van der Waals surface area contributed by atoms with Crippen LogP contribution in [0.25, 0.3) is 6.20 Å². The third-order valence-corrected chi connectivity index (χ3v) is 2.83. The molecular formula is C13H7N5. The minimum Gasteiger partial charge on any atom is -0.253 e. The molecule has 0 N–H and O–H groups in total. The van der Waals surface area contributed by atoms with Gasteiger partial charge < -0.3 is 0 Å². The monoisotopic (exact) mass is 233 g/mol. The fraction of sp³-hybridized carbons (Fsp3) is 0. The van der Waals surface area contributed by atoms with E-state index in [2.05, 4.69) is 25.2 Å². The average Bonchev–Trinajstić information content (AvgIpc) is 3.01. The lowest BCUT2D eigenvalue weighted by Crippen LogP contribution is -2.06. The van der Waals surface area contributed by atoms with Crippen LogP contribution in [0.3, 0.4) is 0 Å². The number of hydrogen-bond acceptors (Lipinski definition) is 5. The highest BCUT2D eigenvalue weighted by Crippen LogP contribution is 2.17. The summed E-state index contributed by atoms with van der Waals surface area (Å²) in [6.07, 6.45) is 3.46. The Bertz CT molecular complexity index is 818. The molecule has 2 aliphatic heterocycles. The predicted octanol–water partition coefficient (Wildman–Crippen LogP) is 1.63. The first kappa shape index (κ1) is 9.35. The Morgan fingerprint density at radius 1 is 0.944 bits per heavy atom. The molecule has 18 heavy (non-hydrogen) atoms. The number of benzene rings is 1. The number of hydrogen-bond donors (Lipinski definition) is 0. The van der Waals surface area contributed by atoms with Gasteiger partial charge in [0.05, 0.1) is 22.9 Å². The molecule has 1 aromatic heterocycles. The van der Waals surface area contributed by atoms with Crippen molar-refractivity contribution >= 4 is 23.4 Å². The van der Waals surface area contributed by atoms with Crippen molar-refractivity contribution in [3.05, 3.63) is 52.8 Å². The molecule has 0 radical (unpaired) electrons. The molecule has 5 heteroatoms. The zero-order chi connectivity index (χ0) is 11.9. The second kappa shape index (κ2) is 3.40. The van der Waals surface area contributed by atoms with Crippen LogP contribution in [0.1, 0.15) is 5.69 Å². The lowest BCUT2D eigenvalue weighted by molar-refractivity contribution is 1.27. The third-order valence-electron chi connectivity index (χ3n) is 2.83. The van der Waals surface area contributed by atoms with Gasteiger partial charge in [0.15, 0.2) is 5.84 Å². The maximum Gasteiger partial charge on any atom is 0.179 e. The molecule has 4 rings (SSSR count). The summed E-state index contributed by atoms with van der Waals surface area (Å²) in [5.41, 5.74) is 2.47. The zero-order valence-electron chi connectivity index (χ0n) is 9.28. The van der Waals surface area contributed by atoms with Crippen LogP contribution in [0, 0.1) is 0 Å². The van der Waals surface area contributed by atoms with E-state index in [0.29, 0.717) is 5.84 Å². The van der Waals surface area contributed by atoms with E-state index in [4.69, 9.17) is 0 Å². The first-order valence-corrected chi connectivity index (χ1v) is 5.54. The summed E-state index contributed by atoms with van der Waals surface area (Å²) < 4.78 is 0. The van der Waals surface area contributed by atoms with Crippen molar-refractivity contribution in [1.82, 2.24) is 4.98 Å². The molecule has 2 aliphatic rings. The highest BCUT2D eigenvalue weighted by Gasteiger charge is 2.13. The molecule has 5 nitrogen and oxygen atoms in total. The molecule has 0 bridgehead atoms. The largest absolute Gasteiger partial charge is 0.253 e. The summed E-state index contributed by atoms with van der Waals surface area (Å²) >= 11 is 0. The van der Waals surface area contributed by atoms with E-state index in [1.807, 2.05) is 30.3 Å². The summed E-state index contributed by atoms with van der Waals surface area (Å²) in [6.45, 7) is 0. The maximum absolute atomic E-state index is 4.48. The number of pyridine rings is 1. The van der Waals surface area contributed by atoms with Crippen LogP contribution in [-0.2, 0) is 0 Å². The Morgan fingerprint density at radius 2 is 1.94 bits per heavy atom. The predicted molar refractivity (Wildman–Crippen MR) is 66.6 cm³/mol. The summed E-state index contributed by atoms with van der Waals surface area (Å²) in [4.78, 5) is 13.2. The van der Waals surface area contributed by atoms with Crippen LogP contribution in [0.15, 0.2) is 56.7 Å². The van der Waals surface area contributed by atoms with Crippen molar-refractivity contribution < 1.29 is 0 Å². The summed E-state index contributed by atoms with van der Waals surface area (Å²) in [5.74, 6) is 0.645. The van der Waals surface area contributed by atoms with E-state index in [-0.39, 0.29) is 0 Å². The third kappa shape index (κ3) is 1.31. The molecule has 0 amide bonds. The first-order chi connectivity index (χ1) is 8.90. The Morgan fingerprint density at radius 3 is 2.83 bits per heavy atom. The molecule has 0 saturated carbocycles. The fourth-order valence-corrected chi connectivity index (χ4v) is 1.97. The number of amidine groups is 1. The van der Waals surface area contributed by atoms with Crippen molar-refractivity contribution in [2.24, 2.45) is 20.2 Å². The SMILES string of the molecule is C1=c2cc3c(cc2N=N1)=NC(c1ccccn1)=N3. The van der Waals surface area contributed by atoms with Gasteiger partial charge >= 0.3 is 0 Å². The number of aliphatic imine (C=N–C) groups is 1. The van der Waals surface area contributed by atoms with Gasteiger partial charge in [-0.3, -0.25) is 4.98 Å². The van der Waals surface area contributed by atoms with E-state index >= 15 is 0 Å². The van der Waals surface area contributed by atoms with Crippen molar-refractivity contribution in [2.45, 2.75) is 0 Å². The molecule has 0 atom stereocenters. The number of azo groups is 1. The van der Waals surface area contributed by atoms with Crippen molar-refractivity contribution in [3.63, 3.8) is 0 Å². The van der Waals surface area contributed by atoms with Gasteiger partial charge in [-0.15, -0.1) is 0 Å². The summed E-state index contributed by atoms with van der Waals surface area (Å²) in [5, 5.41) is 9.69. The quantitative estimate of drug-likeness (QED) is 0.738. The normalized spacial score (nSPS) is 14.6. The van der Waals surface area contributed by atoms with Gasteiger partial charge in [0, 0.05) is 11.4 Å². The van der Waals surface area contributed by atoms with Gasteiger partial charge in [-0.2, -0.15) is 10.2 Å². The zero-order valence-corrected chi connectivity index (χ0v) is 9.28. The van der Waals surface area contributed by atoms with Crippen LogP contribution in [0.4, 0.5) is 11.4 Å². The fourth-order valence-electron chi connectivity index (χ4n) is 1.97. The van der Waals surface area contributed by atoms with Gasteiger partial charge in [-0.25, -0.2) is 9.98 Å². The molecule has 1 aromatic carbocycles. The van der Waals surface area contributed by atoms with Crippen molar-refractivity contribution in [3.8, 4) is 0 Å². The van der Waals surface area contributed by atoms with Crippen LogP contribution in [0.5, 0.6) is 0 Å². The average molecular weight is 233 g/mol. The maximum atomic E-state index is 4.48. The Hall–Kier alpha value is -2.69. The Balaban J connectivity index is 1.90. The van der Waals surface area contributed by atoms with Gasteiger partial charge in [0.2, 0.25) is 0 Å². The van der Waals surface area contributed by atoms with Crippen LogP contribution in [-0.4, -0.2) is 10.8 Å². The van der Waals surface area contributed by atoms with Crippen LogP contribution < -0.4 is 10.6 Å². The summed E-state index contributed by atoms with van der Waals surface area (Å²) in [7, 11) is 0. The van der Waals surface area contributed by atoms with E-state index in [0.717, 1.165) is 27.6 Å². The molecule has 84 valence electrons. The first-order valence-electron chi connectivity index (χ1n) is 5.54. The molecule has 3 heterocycles. The Kier molecular flexibility index (Phi) is 1.77. The molecule has 0 saturated heterocycles. The molecular weight excluding hydrogens is 226 g/mol. The second-order valence-electron chi connectivity index (χ2n) is 4.01. The van der Waals surface area contributed by atoms with Gasteiger partial charge in [-0.05, 0) is 24.3 Å². The minimum atomic E-state index is 0.645. The van der Waals surface area contributed by atoms with E-state index < -0.39 is 0 Å². The van der Waals surface area contributed by atoms with Crippen LogP contribution >= 0.6 is 0 Å². The van der Waals surface area contributed by atoms with Gasteiger partial charge in [0.25, 0.3) is 0 Å². The number of nitrogens with zero attached hydrogens (tertiary/aromatic N) is 5. The van der Waals surface area contributed by atoms with Gasteiger partial charge in [-0.1, -0.05) is 6.07 Å². The van der Waals surface area contributed by atoms with Crippen LogP contribution in [0.2, 0.25) is 0 Å². The molecule has 0 fully saturated rings. The van der Waals surface area contributed by atoms with Gasteiger partial charge in [0.1, 0.15) is 5.69 Å². The van der Waals surface area contributed by atoms with Crippen molar-refractivity contribution in [2.75, 3.05) is 0 Å². The topological polar surface area (TPSA) is 62.3 Å². The standard InChI is InChI=1S/C13H7N5/c1-2-4-14-9(3-1)13-16-11-5-8-7-15-18-10(8)6-12(11)17-13/h1-7H. The molecule has 0 aliphatic carbocycles. The lowest BCUT2D eigenvalue weighted by Gasteiger charge is -1.93. The highest BCUT2D eigenvalue weighted by atomic mass is 15.1. The molecule has 0 spiro atoms. The number of aromatic nitrogens is 1. The number of fused-ring (bicyclic) bond motifs is 2. The smallest absolute Gasteiger partial charge is 0.179 e. The second-order valence-corrected chi connectivity index (χ2v) is 4.01. The molecule has 2 aromatic rings. The lowest BCUT2D eigenvalue weighted by atomic mass is 10.2. The summed E-state index contributed by atoms with van der Waals surface area (Å²) in [6, 6.07) is 9.54. The minimum absolute atomic E-state index is 0.645. The van der Waals surface area contributed by atoms with E-state index in [1.165, 1.54) is 0 Å². The molecule has 0 unspecified atom stereocenters. The van der Waals surface area contributed by atoms with Crippen molar-refractivity contribution in [1.29, 1.82) is 0 Å². The number of rotatable bonds is 1. The van der Waals surface area contributed by atoms with E-state index in [1.54, 1.807) is 12.4 Å². The Labute approximate surface area is 102 Å². The highest BCUT2D eigenvalue weighted by molar-refractivity contribution is 6.01. The van der Waals surface area contributed by atoms with E-state index in [9.17, 15) is 0 Å².